The number of hydrogen-bond acceptors (Lipinski definition) is 5. The minimum atomic E-state index is -0.175. The molecule has 0 heterocycles. The molecule has 0 saturated carbocycles. The number of nitrogens with zero attached hydrogens (tertiary/aromatic N) is 1. The zero-order chi connectivity index (χ0) is 18.7. The van der Waals surface area contributed by atoms with Gasteiger partial charge in [0.15, 0.2) is 0 Å². The zero-order valence-corrected chi connectivity index (χ0v) is 16.4. The minimum Gasteiger partial charge on any atom is -0.354 e. The first-order valence-corrected chi connectivity index (χ1v) is 9.71. The fraction of sp³-hybridized carbons (Fsp3) is 0.588. The molecule has 0 atom stereocenters. The van der Waals surface area contributed by atoms with E-state index in [1.807, 2.05) is 12.2 Å². The topological polar surface area (TPSA) is 78.5 Å². The number of nitrogens with one attached hydrogen (secondary N) is 2. The van der Waals surface area contributed by atoms with Crippen LogP contribution in [-0.2, 0) is 14.4 Å². The molecule has 0 aliphatic heterocycles. The summed E-state index contributed by atoms with van der Waals surface area (Å²) in [4.78, 5) is 37.0. The molecule has 1 aliphatic carbocycles. The number of thiol groups is 2. The molecule has 25 heavy (non-hydrogen) atoms. The molecule has 140 valence electrons. The van der Waals surface area contributed by atoms with E-state index >= 15 is 0 Å². The smallest absolute Gasteiger partial charge is 0.249 e. The maximum atomic E-state index is 12.8. The molecule has 0 saturated heterocycles. The predicted molar refractivity (Wildman–Crippen MR) is 106 cm³/mol. The van der Waals surface area contributed by atoms with Crippen molar-refractivity contribution in [2.24, 2.45) is 0 Å². The first-order chi connectivity index (χ1) is 12.0. The molecule has 2 N–H and O–H groups in total. The van der Waals surface area contributed by atoms with E-state index < -0.39 is 0 Å². The second-order valence-corrected chi connectivity index (χ2v) is 6.31. The average Bonchev–Trinajstić information content (AvgIpc) is 2.65. The summed E-state index contributed by atoms with van der Waals surface area (Å²) in [6.45, 7) is 3.59. The number of allylic oxidation sites excluding steroid dienone is 3. The monoisotopic (exact) mass is 385 g/mol. The zero-order valence-electron chi connectivity index (χ0n) is 14.6. The number of carbonyl (C=O) groups is 3. The number of rotatable bonds is 10. The van der Waals surface area contributed by atoms with Gasteiger partial charge in [0.25, 0.3) is 0 Å². The molecule has 0 bridgehead atoms. The molecule has 0 spiro atoms. The average molecular weight is 386 g/mol. The summed E-state index contributed by atoms with van der Waals surface area (Å²) in [6.07, 6.45) is 6.51. The lowest BCUT2D eigenvalue weighted by Gasteiger charge is -2.25. The summed E-state index contributed by atoms with van der Waals surface area (Å²) < 4.78 is 0. The van der Waals surface area contributed by atoms with Crippen LogP contribution < -0.4 is 10.6 Å². The Kier molecular flexibility index (Phi) is 10.4. The van der Waals surface area contributed by atoms with Crippen LogP contribution in [0.5, 0.6) is 0 Å². The van der Waals surface area contributed by atoms with Crippen LogP contribution in [0, 0.1) is 0 Å². The van der Waals surface area contributed by atoms with Gasteiger partial charge in [-0.15, -0.1) is 0 Å². The summed E-state index contributed by atoms with van der Waals surface area (Å²) in [5, 5.41) is 5.41. The normalized spacial score (nSPS) is 13.6. The van der Waals surface area contributed by atoms with Crippen LogP contribution in [-0.4, -0.2) is 60.3 Å². The molecular weight excluding hydrogens is 358 g/mol. The second kappa shape index (κ2) is 12.0. The Bertz CT molecular complexity index is 525. The Morgan fingerprint density at radius 3 is 1.96 bits per heavy atom. The third-order valence-electron chi connectivity index (χ3n) is 3.95. The molecule has 6 nitrogen and oxygen atoms in total. The van der Waals surface area contributed by atoms with E-state index in [2.05, 4.69) is 42.8 Å². The highest BCUT2D eigenvalue weighted by Crippen LogP contribution is 2.21. The van der Waals surface area contributed by atoms with Crippen molar-refractivity contribution in [2.45, 2.75) is 26.2 Å². The quantitative estimate of drug-likeness (QED) is 0.423. The highest BCUT2D eigenvalue weighted by Gasteiger charge is 2.19. The Morgan fingerprint density at radius 2 is 1.56 bits per heavy atom. The first kappa shape index (κ1) is 21.6. The molecule has 0 radical (unpaired) electrons. The molecule has 0 aromatic rings. The lowest BCUT2D eigenvalue weighted by molar-refractivity contribution is -0.128. The molecule has 8 heteroatoms. The van der Waals surface area contributed by atoms with Gasteiger partial charge in [0.05, 0.1) is 11.5 Å². The standard InChI is InChI=1S/C17H27N3O3S2/c1-2-13-3-5-14(6-4-13)17(23)20(9-7-18-15(21)11-24)10-8-19-16(22)12-25/h3,5,24-25H,2,4,6-12H2,1H3,(H,18,21)(H,19,22). The van der Waals surface area contributed by atoms with Crippen molar-refractivity contribution in [3.05, 3.63) is 23.3 Å². The first-order valence-electron chi connectivity index (χ1n) is 8.44. The molecule has 0 aromatic heterocycles. The SMILES string of the molecule is CCC1=CC=C(C(=O)N(CCNC(=O)CS)CCNC(=O)CS)CC1. The third kappa shape index (κ3) is 8.00. The largest absolute Gasteiger partial charge is 0.354 e. The van der Waals surface area contributed by atoms with E-state index in [0.29, 0.717) is 26.2 Å². The molecule has 0 fully saturated rings. The van der Waals surface area contributed by atoms with Crippen LogP contribution in [0.2, 0.25) is 0 Å². The van der Waals surface area contributed by atoms with E-state index in [1.54, 1.807) is 4.90 Å². The van der Waals surface area contributed by atoms with Gasteiger partial charge < -0.3 is 15.5 Å². The molecule has 0 unspecified atom stereocenters. The number of amides is 3. The van der Waals surface area contributed by atoms with Gasteiger partial charge in [0, 0.05) is 31.8 Å². The van der Waals surface area contributed by atoms with Crippen LogP contribution in [0.3, 0.4) is 0 Å². The maximum absolute atomic E-state index is 12.8. The fourth-order valence-corrected chi connectivity index (χ4v) is 2.67. The van der Waals surface area contributed by atoms with E-state index in [0.717, 1.165) is 24.8 Å². The van der Waals surface area contributed by atoms with Crippen LogP contribution in [0.4, 0.5) is 0 Å². The molecule has 3 amide bonds. The second-order valence-electron chi connectivity index (χ2n) is 5.68. The van der Waals surface area contributed by atoms with Gasteiger partial charge in [-0.05, 0) is 19.3 Å². The molecular formula is C17H27N3O3S2. The number of carbonyl (C=O) groups excluding carboxylic acids is 3. The summed E-state index contributed by atoms with van der Waals surface area (Å²) in [5.74, 6) is -0.173. The van der Waals surface area contributed by atoms with Crippen LogP contribution in [0.25, 0.3) is 0 Å². The molecule has 1 rings (SSSR count). The number of hydrogen-bond donors (Lipinski definition) is 4. The van der Waals surface area contributed by atoms with Gasteiger partial charge in [0.2, 0.25) is 17.7 Å². The van der Waals surface area contributed by atoms with Crippen LogP contribution >= 0.6 is 25.3 Å². The Morgan fingerprint density at radius 1 is 1.00 bits per heavy atom. The van der Waals surface area contributed by atoms with Crippen molar-refractivity contribution >= 4 is 43.0 Å². The lowest BCUT2D eigenvalue weighted by Crippen LogP contribution is -2.43. The summed E-state index contributed by atoms with van der Waals surface area (Å²) in [5.41, 5.74) is 2.10. The van der Waals surface area contributed by atoms with E-state index in [-0.39, 0.29) is 29.2 Å². The fourth-order valence-electron chi connectivity index (χ4n) is 2.44. The van der Waals surface area contributed by atoms with Gasteiger partial charge in [-0.3, -0.25) is 14.4 Å². The third-order valence-corrected chi connectivity index (χ3v) is 4.52. The van der Waals surface area contributed by atoms with Crippen molar-refractivity contribution in [1.29, 1.82) is 0 Å². The van der Waals surface area contributed by atoms with Crippen LogP contribution in [0.15, 0.2) is 23.3 Å². The summed E-state index contributed by atoms with van der Waals surface area (Å²) >= 11 is 7.82. The van der Waals surface area contributed by atoms with E-state index in [4.69, 9.17) is 0 Å². The molecule has 0 aromatic carbocycles. The van der Waals surface area contributed by atoms with Gasteiger partial charge in [-0.25, -0.2) is 0 Å². The van der Waals surface area contributed by atoms with Gasteiger partial charge in [0.1, 0.15) is 0 Å². The summed E-state index contributed by atoms with van der Waals surface area (Å²) in [7, 11) is 0. The highest BCUT2D eigenvalue weighted by atomic mass is 32.1. The van der Waals surface area contributed by atoms with Crippen molar-refractivity contribution in [1.82, 2.24) is 15.5 Å². The molecule has 1 aliphatic rings. The van der Waals surface area contributed by atoms with Crippen molar-refractivity contribution < 1.29 is 14.4 Å². The lowest BCUT2D eigenvalue weighted by atomic mass is 9.96. The van der Waals surface area contributed by atoms with Crippen molar-refractivity contribution in [3.63, 3.8) is 0 Å². The van der Waals surface area contributed by atoms with Crippen molar-refractivity contribution in [3.8, 4) is 0 Å². The minimum absolute atomic E-state index is 0.0494. The van der Waals surface area contributed by atoms with Gasteiger partial charge in [-0.2, -0.15) is 25.3 Å². The predicted octanol–water partition coefficient (Wildman–Crippen LogP) is 0.964. The van der Waals surface area contributed by atoms with Gasteiger partial charge >= 0.3 is 0 Å². The maximum Gasteiger partial charge on any atom is 0.249 e. The van der Waals surface area contributed by atoms with Crippen LogP contribution in [0.1, 0.15) is 26.2 Å². The summed E-state index contributed by atoms with van der Waals surface area (Å²) in [6, 6.07) is 0. The Hall–Kier alpha value is -1.41. The van der Waals surface area contributed by atoms with Gasteiger partial charge in [-0.1, -0.05) is 24.6 Å². The van der Waals surface area contributed by atoms with E-state index in [1.165, 1.54) is 5.57 Å². The highest BCUT2D eigenvalue weighted by molar-refractivity contribution is 7.81. The Labute approximate surface area is 160 Å². The Balaban J connectivity index is 2.66. The van der Waals surface area contributed by atoms with Crippen molar-refractivity contribution in [2.75, 3.05) is 37.7 Å². The van der Waals surface area contributed by atoms with E-state index in [9.17, 15) is 14.4 Å².